The van der Waals surface area contributed by atoms with E-state index in [1.165, 1.54) is 23.1 Å². The van der Waals surface area contributed by atoms with E-state index in [1.807, 2.05) is 0 Å². The van der Waals surface area contributed by atoms with Gasteiger partial charge in [-0.3, -0.25) is 9.59 Å². The maximum Gasteiger partial charge on any atom is 0.454 e. The van der Waals surface area contributed by atoms with Crippen LogP contribution >= 0.6 is 11.6 Å². The van der Waals surface area contributed by atoms with E-state index in [1.54, 1.807) is 32.3 Å². The monoisotopic (exact) mass is 586 g/mol. The van der Waals surface area contributed by atoms with Gasteiger partial charge in [0.1, 0.15) is 11.7 Å². The first-order valence-corrected chi connectivity index (χ1v) is 13.5. The Morgan fingerprint density at radius 1 is 1.07 bits per heavy atom. The van der Waals surface area contributed by atoms with Gasteiger partial charge in [-0.2, -0.15) is 22.0 Å². The Bertz CT molecular complexity index is 1230. The molecule has 4 rings (SSSR count). The molecule has 0 unspecified atom stereocenters. The zero-order valence-electron chi connectivity index (χ0n) is 22.5. The molecule has 2 aliphatic rings. The topological polar surface area (TPSA) is 49.9 Å². The summed E-state index contributed by atoms with van der Waals surface area (Å²) in [6, 6.07) is 11.3. The van der Waals surface area contributed by atoms with Gasteiger partial charge in [-0.15, -0.1) is 0 Å². The molecule has 2 aromatic carbocycles. The smallest absolute Gasteiger partial charge is 0.454 e. The first-order chi connectivity index (χ1) is 18.7. The summed E-state index contributed by atoms with van der Waals surface area (Å²) in [5.74, 6) is -8.33. The van der Waals surface area contributed by atoms with Crippen LogP contribution in [0, 0.1) is 17.3 Å². The minimum atomic E-state index is -5.86. The van der Waals surface area contributed by atoms with Gasteiger partial charge in [0.15, 0.2) is 0 Å². The van der Waals surface area contributed by atoms with Gasteiger partial charge in [0.2, 0.25) is 5.91 Å². The fourth-order valence-corrected chi connectivity index (χ4v) is 5.93. The van der Waals surface area contributed by atoms with E-state index in [2.05, 4.69) is 6.92 Å². The molecule has 218 valence electrons. The Morgan fingerprint density at radius 2 is 1.70 bits per heavy atom. The lowest BCUT2D eigenvalue weighted by molar-refractivity contribution is -0.289. The van der Waals surface area contributed by atoms with Crippen LogP contribution in [0.4, 0.5) is 22.0 Å². The molecule has 1 saturated carbocycles. The zero-order chi connectivity index (χ0) is 29.5. The Balaban J connectivity index is 1.35. The second-order valence-corrected chi connectivity index (χ2v) is 11.5. The lowest BCUT2D eigenvalue weighted by Gasteiger charge is -2.39. The molecule has 2 fully saturated rings. The van der Waals surface area contributed by atoms with Gasteiger partial charge in [-0.05, 0) is 60.3 Å². The molecule has 40 heavy (non-hydrogen) atoms. The standard InChI is InChI=1S/C29H32ClF5N2O3/c1-27(16-20(27)17-40-21-9-10-22(23(30)15-21)25(38)36(2)3)19-11-13-37(14-12-19)26(39)24(18-7-5-4-6-8-18)28(31,32)29(33,34)35/h4-10,15,19-20,24H,11-14,16-17H2,1-3H3/t20-,24-,27-/m0/s1. The lowest BCUT2D eigenvalue weighted by Crippen LogP contribution is -2.51. The van der Waals surface area contributed by atoms with E-state index in [0.717, 1.165) is 23.5 Å². The number of carbonyl (C=O) groups excluding carboxylic acids is 2. The van der Waals surface area contributed by atoms with Gasteiger partial charge in [-0.25, -0.2) is 0 Å². The molecule has 3 atom stereocenters. The van der Waals surface area contributed by atoms with Crippen LogP contribution in [0.3, 0.4) is 0 Å². The van der Waals surface area contributed by atoms with Crippen LogP contribution in [0.25, 0.3) is 0 Å². The quantitative estimate of drug-likeness (QED) is 0.325. The summed E-state index contributed by atoms with van der Waals surface area (Å²) in [6.45, 7) is 2.75. The normalized spacial score (nSPS) is 22.5. The third kappa shape index (κ3) is 5.92. The Hall–Kier alpha value is -2.88. The maximum atomic E-state index is 14.5. The second-order valence-electron chi connectivity index (χ2n) is 11.1. The molecule has 0 N–H and O–H groups in total. The average Bonchev–Trinajstić information content (AvgIpc) is 3.58. The van der Waals surface area contributed by atoms with Gasteiger partial charge >= 0.3 is 12.1 Å². The molecule has 1 heterocycles. The molecule has 1 saturated heterocycles. The molecule has 5 nitrogen and oxygen atoms in total. The highest BCUT2D eigenvalue weighted by atomic mass is 35.5. The number of hydrogen-bond acceptors (Lipinski definition) is 3. The van der Waals surface area contributed by atoms with Crippen molar-refractivity contribution >= 4 is 23.4 Å². The van der Waals surface area contributed by atoms with Gasteiger partial charge in [0.05, 0.1) is 17.2 Å². The number of nitrogens with zero attached hydrogens (tertiary/aromatic N) is 2. The Labute approximate surface area is 235 Å². The number of carbonyl (C=O) groups is 2. The van der Waals surface area contributed by atoms with Crippen molar-refractivity contribution in [2.45, 2.75) is 44.2 Å². The summed E-state index contributed by atoms with van der Waals surface area (Å²) in [7, 11) is 3.27. The summed E-state index contributed by atoms with van der Waals surface area (Å²) >= 11 is 6.26. The minimum Gasteiger partial charge on any atom is -0.493 e. The van der Waals surface area contributed by atoms with Crippen molar-refractivity contribution in [1.29, 1.82) is 0 Å². The van der Waals surface area contributed by atoms with Crippen molar-refractivity contribution < 1.29 is 36.3 Å². The van der Waals surface area contributed by atoms with Crippen molar-refractivity contribution in [1.82, 2.24) is 9.80 Å². The minimum absolute atomic E-state index is 0.0888. The van der Waals surface area contributed by atoms with E-state index in [4.69, 9.17) is 16.3 Å². The van der Waals surface area contributed by atoms with E-state index in [-0.39, 0.29) is 46.8 Å². The molecular weight excluding hydrogens is 555 g/mol. The van der Waals surface area contributed by atoms with Crippen LogP contribution < -0.4 is 4.74 Å². The average molecular weight is 587 g/mol. The highest BCUT2D eigenvalue weighted by Gasteiger charge is 2.65. The Morgan fingerprint density at radius 3 is 2.25 bits per heavy atom. The van der Waals surface area contributed by atoms with Crippen LogP contribution in [0.1, 0.15) is 48.0 Å². The SMILES string of the molecule is CN(C)C(=O)c1ccc(OC[C@@H]2C[C@@]2(C)C2CCN(C(=O)[C@H](c3ccccc3)C(F)(F)C(F)(F)F)CC2)cc1Cl. The number of alkyl halides is 5. The van der Waals surface area contributed by atoms with Crippen molar-refractivity contribution in [2.24, 2.45) is 17.3 Å². The van der Waals surface area contributed by atoms with Gasteiger partial charge in [0, 0.05) is 27.2 Å². The molecule has 0 aromatic heterocycles. The summed E-state index contributed by atoms with van der Waals surface area (Å²) in [5.41, 5.74) is -0.0734. The first kappa shape index (κ1) is 30.1. The molecule has 1 aliphatic carbocycles. The number of ether oxygens (including phenoxy) is 1. The number of likely N-dealkylation sites (tertiary alicyclic amines) is 1. The summed E-state index contributed by atoms with van der Waals surface area (Å²) in [6.07, 6.45) is -3.98. The molecule has 11 heteroatoms. The molecule has 0 bridgehead atoms. The summed E-state index contributed by atoms with van der Waals surface area (Å²) in [5, 5.41) is 0.289. The fourth-order valence-electron chi connectivity index (χ4n) is 5.68. The predicted octanol–water partition coefficient (Wildman–Crippen LogP) is 6.67. The molecule has 2 aromatic rings. The summed E-state index contributed by atoms with van der Waals surface area (Å²) in [4.78, 5) is 27.9. The highest BCUT2D eigenvalue weighted by Crippen LogP contribution is 2.60. The van der Waals surface area contributed by atoms with Crippen LogP contribution in [0.5, 0.6) is 5.75 Å². The highest BCUT2D eigenvalue weighted by molar-refractivity contribution is 6.34. The number of amides is 2. The molecule has 0 radical (unpaired) electrons. The number of rotatable bonds is 8. The fraction of sp³-hybridized carbons (Fsp3) is 0.517. The van der Waals surface area contributed by atoms with E-state index in [0.29, 0.717) is 30.8 Å². The number of hydrogen-bond donors (Lipinski definition) is 0. The Kier molecular flexibility index (Phi) is 8.41. The van der Waals surface area contributed by atoms with Crippen LogP contribution in [-0.2, 0) is 4.79 Å². The number of halogens is 6. The number of piperidine rings is 1. The zero-order valence-corrected chi connectivity index (χ0v) is 23.2. The molecular formula is C29H32ClF5N2O3. The van der Waals surface area contributed by atoms with Crippen LogP contribution in [-0.4, -0.2) is 67.5 Å². The summed E-state index contributed by atoms with van der Waals surface area (Å²) < 4.78 is 75.0. The van der Waals surface area contributed by atoms with E-state index in [9.17, 15) is 31.5 Å². The maximum absolute atomic E-state index is 14.5. The number of benzene rings is 2. The molecule has 1 aliphatic heterocycles. The molecule has 2 amide bonds. The second kappa shape index (κ2) is 11.2. The van der Waals surface area contributed by atoms with Gasteiger partial charge < -0.3 is 14.5 Å². The van der Waals surface area contributed by atoms with E-state index >= 15 is 0 Å². The largest absolute Gasteiger partial charge is 0.493 e. The van der Waals surface area contributed by atoms with Crippen LogP contribution in [0.2, 0.25) is 5.02 Å². The third-order valence-corrected chi connectivity index (χ3v) is 8.66. The third-order valence-electron chi connectivity index (χ3n) is 8.35. The first-order valence-electron chi connectivity index (χ1n) is 13.1. The van der Waals surface area contributed by atoms with Crippen molar-refractivity contribution in [2.75, 3.05) is 33.8 Å². The van der Waals surface area contributed by atoms with Crippen molar-refractivity contribution in [3.8, 4) is 5.75 Å². The predicted molar refractivity (Wildman–Crippen MR) is 141 cm³/mol. The van der Waals surface area contributed by atoms with Gasteiger partial charge in [-0.1, -0.05) is 48.9 Å². The van der Waals surface area contributed by atoms with Gasteiger partial charge in [0.25, 0.3) is 5.91 Å². The molecule has 0 spiro atoms. The van der Waals surface area contributed by atoms with Crippen molar-refractivity contribution in [3.63, 3.8) is 0 Å². The van der Waals surface area contributed by atoms with E-state index < -0.39 is 23.9 Å². The van der Waals surface area contributed by atoms with Crippen molar-refractivity contribution in [3.05, 3.63) is 64.7 Å². The lowest BCUT2D eigenvalue weighted by atomic mass is 9.80. The van der Waals surface area contributed by atoms with Crippen LogP contribution in [0.15, 0.2) is 48.5 Å².